The van der Waals surface area contributed by atoms with Crippen LogP contribution in [0.4, 0.5) is 0 Å². The molecule has 0 fully saturated rings. The first-order valence-corrected chi connectivity index (χ1v) is 7.85. The fourth-order valence-corrected chi connectivity index (χ4v) is 3.86. The molecule has 0 aliphatic rings. The highest BCUT2D eigenvalue weighted by molar-refractivity contribution is 7.91. The maximum atomic E-state index is 11.8. The number of rotatable bonds is 6. The standard InChI is InChI=1S/C11H19NO3S2/c1-8(2)6-10(13)7-12-17(14,15)11-5-4-9(3)16-11/h4-5,8,10,12-13H,6-7H2,1-3H3. The lowest BCUT2D eigenvalue weighted by atomic mass is 10.1. The van der Waals surface area contributed by atoms with Gasteiger partial charge >= 0.3 is 0 Å². The Kier molecular flexibility index (Phi) is 5.12. The Bertz CT molecular complexity index is 451. The molecule has 4 nitrogen and oxygen atoms in total. The van der Waals surface area contributed by atoms with Gasteiger partial charge in [0.05, 0.1) is 6.10 Å². The molecule has 98 valence electrons. The number of hydrogen-bond acceptors (Lipinski definition) is 4. The van der Waals surface area contributed by atoms with Crippen molar-refractivity contribution in [2.45, 2.75) is 37.5 Å². The lowest BCUT2D eigenvalue weighted by molar-refractivity contribution is 0.152. The van der Waals surface area contributed by atoms with Crippen molar-refractivity contribution >= 4 is 21.4 Å². The van der Waals surface area contributed by atoms with Gasteiger partial charge in [-0.3, -0.25) is 0 Å². The van der Waals surface area contributed by atoms with Gasteiger partial charge in [0.2, 0.25) is 10.0 Å². The molecule has 0 saturated carbocycles. The van der Waals surface area contributed by atoms with Crippen LogP contribution in [0, 0.1) is 12.8 Å². The van der Waals surface area contributed by atoms with Gasteiger partial charge in [-0.1, -0.05) is 13.8 Å². The van der Waals surface area contributed by atoms with Crippen molar-refractivity contribution < 1.29 is 13.5 Å². The summed E-state index contributed by atoms with van der Waals surface area (Å²) in [5.74, 6) is 0.346. The third-order valence-corrected chi connectivity index (χ3v) is 5.15. The van der Waals surface area contributed by atoms with E-state index in [1.165, 1.54) is 11.3 Å². The number of thiophene rings is 1. The Labute approximate surface area is 107 Å². The monoisotopic (exact) mass is 277 g/mol. The fraction of sp³-hybridized carbons (Fsp3) is 0.636. The van der Waals surface area contributed by atoms with Crippen LogP contribution in [-0.4, -0.2) is 26.2 Å². The van der Waals surface area contributed by atoms with Crippen molar-refractivity contribution in [3.8, 4) is 0 Å². The summed E-state index contributed by atoms with van der Waals surface area (Å²) in [6.45, 7) is 5.90. The molecule has 17 heavy (non-hydrogen) atoms. The molecule has 0 spiro atoms. The Morgan fingerprint density at radius 2 is 2.06 bits per heavy atom. The minimum Gasteiger partial charge on any atom is -0.392 e. The van der Waals surface area contributed by atoms with Gasteiger partial charge in [-0.05, 0) is 31.4 Å². The molecule has 0 aliphatic heterocycles. The van der Waals surface area contributed by atoms with Crippen molar-refractivity contribution in [3.05, 3.63) is 17.0 Å². The topological polar surface area (TPSA) is 66.4 Å². The molecule has 1 atom stereocenters. The van der Waals surface area contributed by atoms with Crippen LogP contribution >= 0.6 is 11.3 Å². The van der Waals surface area contributed by atoms with E-state index in [1.54, 1.807) is 12.1 Å². The Morgan fingerprint density at radius 3 is 2.53 bits per heavy atom. The molecule has 1 heterocycles. The average Bonchev–Trinajstić information content (AvgIpc) is 2.62. The van der Waals surface area contributed by atoms with Crippen molar-refractivity contribution in [1.82, 2.24) is 4.72 Å². The summed E-state index contributed by atoms with van der Waals surface area (Å²) < 4.78 is 26.4. The van der Waals surface area contributed by atoms with E-state index in [-0.39, 0.29) is 6.54 Å². The second-order valence-electron chi connectivity index (χ2n) is 4.50. The van der Waals surface area contributed by atoms with Crippen LogP contribution in [0.5, 0.6) is 0 Å². The number of aryl methyl sites for hydroxylation is 1. The molecule has 0 radical (unpaired) electrons. The van der Waals surface area contributed by atoms with E-state index in [0.29, 0.717) is 16.5 Å². The highest BCUT2D eigenvalue weighted by Crippen LogP contribution is 2.20. The van der Waals surface area contributed by atoms with E-state index in [0.717, 1.165) is 4.88 Å². The summed E-state index contributed by atoms with van der Waals surface area (Å²) in [4.78, 5) is 0.952. The lowest BCUT2D eigenvalue weighted by Gasteiger charge is -2.13. The molecule has 0 amide bonds. The maximum absolute atomic E-state index is 11.8. The first kappa shape index (κ1) is 14.6. The summed E-state index contributed by atoms with van der Waals surface area (Å²) in [6, 6.07) is 3.35. The molecule has 0 aliphatic carbocycles. The molecule has 0 bridgehead atoms. The zero-order valence-corrected chi connectivity index (χ0v) is 11.9. The molecular formula is C11H19NO3S2. The number of aliphatic hydroxyl groups excluding tert-OH is 1. The molecule has 1 aromatic rings. The van der Waals surface area contributed by atoms with Crippen LogP contribution in [0.2, 0.25) is 0 Å². The van der Waals surface area contributed by atoms with Gasteiger partial charge in [-0.25, -0.2) is 13.1 Å². The van der Waals surface area contributed by atoms with Gasteiger partial charge in [-0.2, -0.15) is 0 Å². The predicted molar refractivity (Wildman–Crippen MR) is 69.7 cm³/mol. The Morgan fingerprint density at radius 1 is 1.41 bits per heavy atom. The first-order chi connectivity index (χ1) is 7.81. The zero-order chi connectivity index (χ0) is 13.1. The number of aliphatic hydroxyl groups is 1. The summed E-state index contributed by atoms with van der Waals surface area (Å²) >= 11 is 1.23. The molecule has 0 aromatic carbocycles. The van der Waals surface area contributed by atoms with Crippen molar-refractivity contribution in [2.75, 3.05) is 6.54 Å². The van der Waals surface area contributed by atoms with E-state index >= 15 is 0 Å². The van der Waals surface area contributed by atoms with E-state index in [2.05, 4.69) is 4.72 Å². The third kappa shape index (κ3) is 4.75. The van der Waals surface area contributed by atoms with E-state index < -0.39 is 16.1 Å². The Hall–Kier alpha value is -0.430. The fourth-order valence-electron chi connectivity index (χ4n) is 1.46. The SMILES string of the molecule is Cc1ccc(S(=O)(=O)NCC(O)CC(C)C)s1. The summed E-state index contributed by atoms with van der Waals surface area (Å²) in [6.07, 6.45) is -0.0442. The minimum absolute atomic E-state index is 0.0669. The Balaban J connectivity index is 2.56. The predicted octanol–water partition coefficient (Wildman–Crippen LogP) is 1.74. The average molecular weight is 277 g/mol. The molecule has 1 rings (SSSR count). The van der Waals surface area contributed by atoms with Crippen molar-refractivity contribution in [2.24, 2.45) is 5.92 Å². The zero-order valence-electron chi connectivity index (χ0n) is 10.3. The smallest absolute Gasteiger partial charge is 0.250 e. The molecule has 0 saturated heterocycles. The number of nitrogens with one attached hydrogen (secondary N) is 1. The van der Waals surface area contributed by atoms with Crippen molar-refractivity contribution in [3.63, 3.8) is 0 Å². The van der Waals surface area contributed by atoms with E-state index in [9.17, 15) is 13.5 Å². The van der Waals surface area contributed by atoms with Crippen molar-refractivity contribution in [1.29, 1.82) is 0 Å². The van der Waals surface area contributed by atoms with Crippen LogP contribution in [-0.2, 0) is 10.0 Å². The minimum atomic E-state index is -3.46. The number of hydrogen-bond donors (Lipinski definition) is 2. The second kappa shape index (κ2) is 5.95. The first-order valence-electron chi connectivity index (χ1n) is 5.55. The maximum Gasteiger partial charge on any atom is 0.250 e. The van der Waals surface area contributed by atoms with Crippen LogP contribution < -0.4 is 4.72 Å². The van der Waals surface area contributed by atoms with Gasteiger partial charge < -0.3 is 5.11 Å². The summed E-state index contributed by atoms with van der Waals surface area (Å²) in [5.41, 5.74) is 0. The van der Waals surface area contributed by atoms with Gasteiger partial charge in [0.1, 0.15) is 4.21 Å². The largest absolute Gasteiger partial charge is 0.392 e. The van der Waals surface area contributed by atoms with Crippen LogP contribution in [0.25, 0.3) is 0 Å². The molecule has 2 N–H and O–H groups in total. The molecule has 1 unspecified atom stereocenters. The third-order valence-electron chi connectivity index (χ3n) is 2.23. The van der Waals surface area contributed by atoms with Crippen LogP contribution in [0.15, 0.2) is 16.3 Å². The van der Waals surface area contributed by atoms with Gasteiger partial charge in [0.15, 0.2) is 0 Å². The van der Waals surface area contributed by atoms with Gasteiger partial charge in [0.25, 0.3) is 0 Å². The molecule has 6 heteroatoms. The highest BCUT2D eigenvalue weighted by atomic mass is 32.2. The second-order valence-corrected chi connectivity index (χ2v) is 7.78. The summed E-state index contributed by atoms with van der Waals surface area (Å²) in [7, 11) is -3.46. The summed E-state index contributed by atoms with van der Waals surface area (Å²) in [5, 5.41) is 9.61. The van der Waals surface area contributed by atoms with E-state index in [4.69, 9.17) is 0 Å². The number of sulfonamides is 1. The molecule has 1 aromatic heterocycles. The van der Waals surface area contributed by atoms with Gasteiger partial charge in [-0.15, -0.1) is 11.3 Å². The quantitative estimate of drug-likeness (QED) is 0.832. The van der Waals surface area contributed by atoms with Crippen LogP contribution in [0.1, 0.15) is 25.1 Å². The molecular weight excluding hydrogens is 258 g/mol. The lowest BCUT2D eigenvalue weighted by Crippen LogP contribution is -2.32. The van der Waals surface area contributed by atoms with Gasteiger partial charge in [0, 0.05) is 11.4 Å². The van der Waals surface area contributed by atoms with E-state index in [1.807, 2.05) is 20.8 Å². The highest BCUT2D eigenvalue weighted by Gasteiger charge is 2.17. The van der Waals surface area contributed by atoms with Crippen LogP contribution in [0.3, 0.4) is 0 Å². The normalized spacial score (nSPS) is 14.2.